The van der Waals surface area contributed by atoms with E-state index in [-0.39, 0.29) is 0 Å². The Balaban J connectivity index is 2.05. The molecule has 0 aromatic heterocycles. The molecule has 2 rings (SSSR count). The molecule has 0 heterocycles. The van der Waals surface area contributed by atoms with Crippen LogP contribution in [0.1, 0.15) is 5.56 Å². The van der Waals surface area contributed by atoms with Gasteiger partial charge in [-0.15, -0.1) is 0 Å². The summed E-state index contributed by atoms with van der Waals surface area (Å²) in [5.41, 5.74) is 5.14. The van der Waals surface area contributed by atoms with E-state index >= 15 is 0 Å². The Morgan fingerprint density at radius 1 is 0.812 bits per heavy atom. The molecule has 0 spiro atoms. The smallest absolute Gasteiger partial charge is 0.127 e. The molecule has 0 bridgehead atoms. The Bertz CT molecular complexity index is 422. The predicted octanol–water partition coefficient (Wildman–Crippen LogP) is 2.26. The van der Waals surface area contributed by atoms with Crippen LogP contribution >= 0.6 is 0 Å². The highest BCUT2D eigenvalue weighted by Gasteiger charge is 1.97. The molecule has 2 aromatic carbocycles. The zero-order valence-electron chi connectivity index (χ0n) is 9.23. The summed E-state index contributed by atoms with van der Waals surface area (Å²) < 4.78 is 5.70. The number of quaternary nitrogens is 1. The quantitative estimate of drug-likeness (QED) is 0.832. The lowest BCUT2D eigenvalue weighted by atomic mass is 10.1. The summed E-state index contributed by atoms with van der Waals surface area (Å²) in [5, 5.41) is 0. The van der Waals surface area contributed by atoms with Crippen molar-refractivity contribution in [1.82, 2.24) is 0 Å². The van der Waals surface area contributed by atoms with Crippen LogP contribution in [0, 0.1) is 0 Å². The van der Waals surface area contributed by atoms with E-state index in [0.717, 1.165) is 24.5 Å². The fourth-order valence-corrected chi connectivity index (χ4v) is 1.55. The maximum atomic E-state index is 5.70. The Morgan fingerprint density at radius 3 is 2.06 bits per heavy atom. The van der Waals surface area contributed by atoms with Crippen molar-refractivity contribution in [2.24, 2.45) is 0 Å². The first kappa shape index (κ1) is 10.7. The fourth-order valence-electron chi connectivity index (χ4n) is 1.55. The Labute approximate surface area is 95.7 Å². The van der Waals surface area contributed by atoms with Crippen LogP contribution < -0.4 is 10.5 Å². The number of hydrogen-bond acceptors (Lipinski definition) is 1. The van der Waals surface area contributed by atoms with Crippen LogP contribution in [0.4, 0.5) is 0 Å². The van der Waals surface area contributed by atoms with Crippen LogP contribution in [-0.2, 0) is 6.42 Å². The standard InChI is InChI=1S/C14H15NO/c15-11-10-12-6-8-14(9-7-12)16-13-4-2-1-3-5-13/h1-9H,10-11,15H2/p+1. The minimum atomic E-state index is 0.868. The number of ether oxygens (including phenoxy) is 1. The summed E-state index contributed by atoms with van der Waals surface area (Å²) in [5.74, 6) is 1.74. The summed E-state index contributed by atoms with van der Waals surface area (Å²) in [7, 11) is 0. The van der Waals surface area contributed by atoms with Crippen molar-refractivity contribution >= 4 is 0 Å². The molecule has 0 radical (unpaired) electrons. The van der Waals surface area contributed by atoms with Gasteiger partial charge in [-0.1, -0.05) is 30.3 Å². The Hall–Kier alpha value is -1.80. The molecule has 0 aliphatic rings. The third-order valence-corrected chi connectivity index (χ3v) is 2.37. The van der Waals surface area contributed by atoms with E-state index in [1.165, 1.54) is 5.56 Å². The summed E-state index contributed by atoms with van der Waals surface area (Å²) >= 11 is 0. The zero-order valence-corrected chi connectivity index (χ0v) is 9.23. The van der Waals surface area contributed by atoms with Gasteiger partial charge in [-0.05, 0) is 29.8 Å². The molecule has 0 fully saturated rings. The maximum Gasteiger partial charge on any atom is 0.127 e. The highest BCUT2D eigenvalue weighted by atomic mass is 16.5. The number of rotatable bonds is 4. The molecule has 0 aliphatic heterocycles. The molecule has 2 heteroatoms. The summed E-state index contributed by atoms with van der Waals surface area (Å²) in [4.78, 5) is 0. The lowest BCUT2D eigenvalue weighted by molar-refractivity contribution is -0.366. The average molecular weight is 214 g/mol. The van der Waals surface area contributed by atoms with Crippen LogP contribution in [0.25, 0.3) is 0 Å². The SMILES string of the molecule is [NH3+]CCc1ccc(Oc2ccccc2)cc1. The molecule has 0 unspecified atom stereocenters. The topological polar surface area (TPSA) is 36.9 Å². The first-order chi connectivity index (χ1) is 7.88. The Kier molecular flexibility index (Phi) is 3.57. The van der Waals surface area contributed by atoms with Crippen LogP contribution in [0.5, 0.6) is 11.5 Å². The summed E-state index contributed by atoms with van der Waals surface area (Å²) in [6, 6.07) is 18.0. The van der Waals surface area contributed by atoms with Gasteiger partial charge in [0.05, 0.1) is 6.54 Å². The predicted molar refractivity (Wildman–Crippen MR) is 64.4 cm³/mol. The molecule has 16 heavy (non-hydrogen) atoms. The second-order valence-electron chi connectivity index (χ2n) is 3.66. The van der Waals surface area contributed by atoms with Gasteiger partial charge in [0.2, 0.25) is 0 Å². The van der Waals surface area contributed by atoms with Crippen LogP contribution in [0.15, 0.2) is 54.6 Å². The van der Waals surface area contributed by atoms with Crippen molar-refractivity contribution in [3.8, 4) is 11.5 Å². The zero-order chi connectivity index (χ0) is 11.2. The van der Waals surface area contributed by atoms with E-state index in [9.17, 15) is 0 Å². The molecule has 2 nitrogen and oxygen atoms in total. The molecular weight excluding hydrogens is 198 g/mol. The van der Waals surface area contributed by atoms with Crippen molar-refractivity contribution in [3.05, 3.63) is 60.2 Å². The van der Waals surface area contributed by atoms with Gasteiger partial charge in [0, 0.05) is 6.42 Å². The van der Waals surface area contributed by atoms with Gasteiger partial charge in [0.25, 0.3) is 0 Å². The van der Waals surface area contributed by atoms with E-state index in [1.807, 2.05) is 42.5 Å². The molecule has 0 saturated heterocycles. The highest BCUT2D eigenvalue weighted by molar-refractivity contribution is 5.32. The second kappa shape index (κ2) is 5.33. The van der Waals surface area contributed by atoms with Gasteiger partial charge < -0.3 is 10.5 Å². The minimum absolute atomic E-state index is 0.868. The minimum Gasteiger partial charge on any atom is -0.457 e. The molecule has 82 valence electrons. The highest BCUT2D eigenvalue weighted by Crippen LogP contribution is 2.20. The van der Waals surface area contributed by atoms with Crippen LogP contribution in [0.2, 0.25) is 0 Å². The molecule has 2 aromatic rings. The number of benzene rings is 2. The van der Waals surface area contributed by atoms with Crippen molar-refractivity contribution < 1.29 is 10.5 Å². The molecular formula is C14H16NO+. The third kappa shape index (κ3) is 2.84. The van der Waals surface area contributed by atoms with E-state index in [1.54, 1.807) is 0 Å². The lowest BCUT2D eigenvalue weighted by Crippen LogP contribution is -2.51. The molecule has 3 N–H and O–H groups in total. The van der Waals surface area contributed by atoms with E-state index < -0.39 is 0 Å². The first-order valence-electron chi connectivity index (χ1n) is 5.49. The van der Waals surface area contributed by atoms with Crippen molar-refractivity contribution in [2.45, 2.75) is 6.42 Å². The molecule has 0 atom stereocenters. The van der Waals surface area contributed by atoms with E-state index in [4.69, 9.17) is 4.74 Å². The Morgan fingerprint density at radius 2 is 1.44 bits per heavy atom. The summed E-state index contributed by atoms with van der Waals surface area (Å²) in [6.07, 6.45) is 1.02. The van der Waals surface area contributed by atoms with Crippen molar-refractivity contribution in [3.63, 3.8) is 0 Å². The van der Waals surface area contributed by atoms with Gasteiger partial charge in [-0.2, -0.15) is 0 Å². The van der Waals surface area contributed by atoms with Gasteiger partial charge in [0.15, 0.2) is 0 Å². The largest absolute Gasteiger partial charge is 0.457 e. The van der Waals surface area contributed by atoms with E-state index in [2.05, 4.69) is 17.9 Å². The molecule has 0 amide bonds. The second-order valence-corrected chi connectivity index (χ2v) is 3.66. The first-order valence-corrected chi connectivity index (χ1v) is 5.49. The van der Waals surface area contributed by atoms with Crippen molar-refractivity contribution in [2.75, 3.05) is 6.54 Å². The van der Waals surface area contributed by atoms with Gasteiger partial charge in [-0.3, -0.25) is 0 Å². The van der Waals surface area contributed by atoms with Gasteiger partial charge in [0.1, 0.15) is 11.5 Å². The van der Waals surface area contributed by atoms with Crippen LogP contribution in [-0.4, -0.2) is 6.54 Å². The van der Waals surface area contributed by atoms with E-state index in [0.29, 0.717) is 0 Å². The normalized spacial score (nSPS) is 10.1. The third-order valence-electron chi connectivity index (χ3n) is 2.37. The van der Waals surface area contributed by atoms with Gasteiger partial charge >= 0.3 is 0 Å². The maximum absolute atomic E-state index is 5.70. The molecule has 0 saturated carbocycles. The lowest BCUT2D eigenvalue weighted by Gasteiger charge is -2.05. The molecule has 0 aliphatic carbocycles. The summed E-state index contributed by atoms with van der Waals surface area (Å²) in [6.45, 7) is 0.929. The number of hydrogen-bond donors (Lipinski definition) is 1. The van der Waals surface area contributed by atoms with Gasteiger partial charge in [-0.25, -0.2) is 0 Å². The fraction of sp³-hybridized carbons (Fsp3) is 0.143. The van der Waals surface area contributed by atoms with Crippen molar-refractivity contribution in [1.29, 1.82) is 0 Å². The number of para-hydroxylation sites is 1. The average Bonchev–Trinajstić information content (AvgIpc) is 2.33. The van der Waals surface area contributed by atoms with Crippen LogP contribution in [0.3, 0.4) is 0 Å². The monoisotopic (exact) mass is 214 g/mol.